The standard InChI is InChI=1S/C28H28ClN3O2/c1-2-20-10-3-6-13-24(20)32-19-21(18-27(32)33)28-30-23-12-5-7-14-25(23)31(28)16-9-17-34-26-15-8-4-11-22(26)29/h3-8,10-15,21H,2,9,16-19H2,1H3. The number of carbonyl (C=O) groups excluding carboxylic acids is 1. The normalized spacial score (nSPS) is 15.9. The number of aromatic nitrogens is 2. The second-order valence-electron chi connectivity index (χ2n) is 8.63. The first-order valence-corrected chi connectivity index (χ1v) is 12.2. The molecule has 1 aromatic heterocycles. The van der Waals surface area contributed by atoms with Crippen molar-refractivity contribution in [1.29, 1.82) is 0 Å². The SMILES string of the molecule is CCc1ccccc1N1CC(c2nc3ccccc3n2CCCOc2ccccc2Cl)CC1=O. The van der Waals surface area contributed by atoms with Gasteiger partial charge in [0.25, 0.3) is 0 Å². The Bertz CT molecular complexity index is 1320. The molecule has 2 heterocycles. The van der Waals surface area contributed by atoms with Gasteiger partial charge in [0.2, 0.25) is 5.91 Å². The average molecular weight is 474 g/mol. The van der Waals surface area contributed by atoms with E-state index < -0.39 is 0 Å². The number of benzene rings is 3. The Kier molecular flexibility index (Phi) is 6.54. The van der Waals surface area contributed by atoms with Crippen molar-refractivity contribution in [3.63, 3.8) is 0 Å². The third-order valence-electron chi connectivity index (χ3n) is 6.46. The first kappa shape index (κ1) is 22.5. The zero-order valence-corrected chi connectivity index (χ0v) is 20.0. The molecule has 1 amide bonds. The van der Waals surface area contributed by atoms with Crippen LogP contribution >= 0.6 is 11.6 Å². The number of fused-ring (bicyclic) bond motifs is 1. The van der Waals surface area contributed by atoms with E-state index in [1.165, 1.54) is 5.56 Å². The molecule has 0 radical (unpaired) electrons. The molecule has 4 aromatic rings. The summed E-state index contributed by atoms with van der Waals surface area (Å²) < 4.78 is 8.16. The van der Waals surface area contributed by atoms with Gasteiger partial charge in [0.05, 0.1) is 22.7 Å². The second kappa shape index (κ2) is 9.90. The highest BCUT2D eigenvalue weighted by atomic mass is 35.5. The molecule has 5 rings (SSSR count). The molecule has 34 heavy (non-hydrogen) atoms. The number of hydrogen-bond donors (Lipinski definition) is 0. The Balaban J connectivity index is 1.37. The van der Waals surface area contributed by atoms with E-state index >= 15 is 0 Å². The van der Waals surface area contributed by atoms with Crippen molar-refractivity contribution in [2.75, 3.05) is 18.1 Å². The smallest absolute Gasteiger partial charge is 0.227 e. The van der Waals surface area contributed by atoms with Crippen molar-refractivity contribution in [1.82, 2.24) is 9.55 Å². The van der Waals surface area contributed by atoms with E-state index in [2.05, 4.69) is 23.6 Å². The molecule has 0 spiro atoms. The third-order valence-corrected chi connectivity index (χ3v) is 6.77. The maximum atomic E-state index is 13.1. The summed E-state index contributed by atoms with van der Waals surface area (Å²) in [6, 6.07) is 23.9. The Morgan fingerprint density at radius 1 is 1.03 bits per heavy atom. The van der Waals surface area contributed by atoms with Gasteiger partial charge in [-0.05, 0) is 48.7 Å². The highest BCUT2D eigenvalue weighted by Crippen LogP contribution is 2.35. The molecule has 6 heteroatoms. The molecule has 5 nitrogen and oxygen atoms in total. The van der Waals surface area contributed by atoms with Crippen LogP contribution in [0.25, 0.3) is 11.0 Å². The lowest BCUT2D eigenvalue weighted by molar-refractivity contribution is -0.117. The van der Waals surface area contributed by atoms with Gasteiger partial charge in [0.15, 0.2) is 0 Å². The molecule has 1 saturated heterocycles. The number of imidazole rings is 1. The maximum absolute atomic E-state index is 13.1. The van der Waals surface area contributed by atoms with E-state index in [0.29, 0.717) is 30.3 Å². The molecule has 0 saturated carbocycles. The van der Waals surface area contributed by atoms with Crippen LogP contribution in [-0.4, -0.2) is 28.6 Å². The summed E-state index contributed by atoms with van der Waals surface area (Å²) in [4.78, 5) is 20.0. The van der Waals surface area contributed by atoms with Crippen LogP contribution in [0.1, 0.15) is 37.1 Å². The van der Waals surface area contributed by atoms with E-state index in [1.807, 2.05) is 65.6 Å². The predicted octanol–water partition coefficient (Wildman–Crippen LogP) is 6.24. The largest absolute Gasteiger partial charge is 0.492 e. The van der Waals surface area contributed by atoms with E-state index in [-0.39, 0.29) is 11.8 Å². The highest BCUT2D eigenvalue weighted by Gasteiger charge is 2.35. The van der Waals surface area contributed by atoms with Crippen molar-refractivity contribution in [3.8, 4) is 5.75 Å². The highest BCUT2D eigenvalue weighted by molar-refractivity contribution is 6.32. The maximum Gasteiger partial charge on any atom is 0.227 e. The van der Waals surface area contributed by atoms with Crippen molar-refractivity contribution >= 4 is 34.2 Å². The number of hydrogen-bond acceptors (Lipinski definition) is 3. The van der Waals surface area contributed by atoms with Crippen LogP contribution in [0.3, 0.4) is 0 Å². The van der Waals surface area contributed by atoms with E-state index in [4.69, 9.17) is 21.3 Å². The molecule has 0 bridgehead atoms. The summed E-state index contributed by atoms with van der Waals surface area (Å²) in [5, 5.41) is 0.619. The van der Waals surface area contributed by atoms with Gasteiger partial charge < -0.3 is 14.2 Å². The quantitative estimate of drug-likeness (QED) is 0.284. The van der Waals surface area contributed by atoms with Gasteiger partial charge in [-0.2, -0.15) is 0 Å². The summed E-state index contributed by atoms with van der Waals surface area (Å²) in [6.45, 7) is 4.09. The Morgan fingerprint density at radius 2 is 1.79 bits per heavy atom. The van der Waals surface area contributed by atoms with Gasteiger partial charge in [-0.3, -0.25) is 4.79 Å². The van der Waals surface area contributed by atoms with Gasteiger partial charge in [-0.1, -0.05) is 61.0 Å². The molecular weight excluding hydrogens is 446 g/mol. The number of rotatable bonds is 8. The minimum absolute atomic E-state index is 0.0503. The van der Waals surface area contributed by atoms with Crippen LogP contribution in [0, 0.1) is 0 Å². The van der Waals surface area contributed by atoms with Crippen molar-refractivity contribution in [2.45, 2.75) is 38.6 Å². The number of para-hydroxylation sites is 4. The van der Waals surface area contributed by atoms with Gasteiger partial charge in [0, 0.05) is 31.1 Å². The molecule has 3 aromatic carbocycles. The molecular formula is C28H28ClN3O2. The summed E-state index contributed by atoms with van der Waals surface area (Å²) >= 11 is 6.21. The second-order valence-corrected chi connectivity index (χ2v) is 9.04. The lowest BCUT2D eigenvalue weighted by atomic mass is 10.1. The van der Waals surface area contributed by atoms with Crippen molar-refractivity contribution < 1.29 is 9.53 Å². The van der Waals surface area contributed by atoms with Crippen molar-refractivity contribution in [3.05, 3.63) is 89.2 Å². The van der Waals surface area contributed by atoms with Crippen LogP contribution in [0.4, 0.5) is 5.69 Å². The number of anilines is 1. The molecule has 1 unspecified atom stereocenters. The van der Waals surface area contributed by atoms with E-state index in [0.717, 1.165) is 41.9 Å². The summed E-state index contributed by atoms with van der Waals surface area (Å²) in [7, 11) is 0. The number of nitrogens with zero attached hydrogens (tertiary/aromatic N) is 3. The number of halogens is 1. The number of amides is 1. The Morgan fingerprint density at radius 3 is 2.65 bits per heavy atom. The van der Waals surface area contributed by atoms with Crippen LogP contribution in [-0.2, 0) is 17.8 Å². The van der Waals surface area contributed by atoms with E-state index in [1.54, 1.807) is 0 Å². The monoisotopic (exact) mass is 473 g/mol. The van der Waals surface area contributed by atoms with Crippen molar-refractivity contribution in [2.24, 2.45) is 0 Å². The Hall–Kier alpha value is -3.31. The third kappa shape index (κ3) is 4.40. The Labute approximate surface area is 204 Å². The van der Waals surface area contributed by atoms with Gasteiger partial charge >= 0.3 is 0 Å². The van der Waals surface area contributed by atoms with Crippen LogP contribution < -0.4 is 9.64 Å². The summed E-state index contributed by atoms with van der Waals surface area (Å²) in [5.41, 5.74) is 4.27. The number of carbonyl (C=O) groups is 1. The summed E-state index contributed by atoms with van der Waals surface area (Å²) in [5.74, 6) is 1.89. The fraction of sp³-hybridized carbons (Fsp3) is 0.286. The molecule has 0 N–H and O–H groups in total. The van der Waals surface area contributed by atoms with Gasteiger partial charge in [-0.15, -0.1) is 0 Å². The zero-order valence-electron chi connectivity index (χ0n) is 19.3. The first-order chi connectivity index (χ1) is 16.7. The molecule has 1 fully saturated rings. The number of ether oxygens (including phenoxy) is 1. The fourth-order valence-electron chi connectivity index (χ4n) is 4.79. The first-order valence-electron chi connectivity index (χ1n) is 11.9. The van der Waals surface area contributed by atoms with Crippen LogP contribution in [0.15, 0.2) is 72.8 Å². The van der Waals surface area contributed by atoms with Gasteiger partial charge in [0.1, 0.15) is 11.6 Å². The van der Waals surface area contributed by atoms with Crippen LogP contribution in [0.5, 0.6) is 5.75 Å². The predicted molar refractivity (Wildman–Crippen MR) is 137 cm³/mol. The molecule has 0 aliphatic carbocycles. The zero-order chi connectivity index (χ0) is 23.5. The molecule has 174 valence electrons. The average Bonchev–Trinajstić information content (AvgIpc) is 3.43. The molecule has 1 atom stereocenters. The number of aryl methyl sites for hydroxylation is 2. The van der Waals surface area contributed by atoms with E-state index in [9.17, 15) is 4.79 Å². The van der Waals surface area contributed by atoms with Crippen LogP contribution in [0.2, 0.25) is 5.02 Å². The lowest BCUT2D eigenvalue weighted by Crippen LogP contribution is -2.25. The fourth-order valence-corrected chi connectivity index (χ4v) is 4.98. The lowest BCUT2D eigenvalue weighted by Gasteiger charge is -2.20. The summed E-state index contributed by atoms with van der Waals surface area (Å²) in [6.07, 6.45) is 2.17. The minimum Gasteiger partial charge on any atom is -0.492 e. The van der Waals surface area contributed by atoms with Gasteiger partial charge in [-0.25, -0.2) is 4.98 Å². The molecule has 1 aliphatic rings. The topological polar surface area (TPSA) is 47.4 Å². The molecule has 1 aliphatic heterocycles. The minimum atomic E-state index is 0.0503.